The Hall–Kier alpha value is -3.38. The third-order valence-corrected chi connectivity index (χ3v) is 4.18. The molecule has 0 aliphatic rings. The molecule has 3 N–H and O–H groups in total. The van der Waals surface area contributed by atoms with E-state index in [0.717, 1.165) is 11.4 Å². The molecule has 130 valence electrons. The number of rotatable bonds is 5. The largest absolute Gasteiger partial charge is 0.384 e. The summed E-state index contributed by atoms with van der Waals surface area (Å²) in [5.41, 5.74) is 7.44. The Morgan fingerprint density at radius 1 is 1.35 bits per heavy atom. The van der Waals surface area contributed by atoms with Crippen LogP contribution in [0.2, 0.25) is 0 Å². The van der Waals surface area contributed by atoms with Gasteiger partial charge in [-0.25, -0.2) is 14.6 Å². The molecule has 26 heavy (non-hydrogen) atoms. The SMILES string of the molecule is Cc1cc(N)nc(SCC(=O)Nc2c(C#N)cnn2-c2ccccc2)n1. The van der Waals surface area contributed by atoms with Gasteiger partial charge in [-0.1, -0.05) is 30.0 Å². The number of amides is 1. The van der Waals surface area contributed by atoms with E-state index in [0.29, 0.717) is 16.8 Å². The molecule has 0 unspecified atom stereocenters. The Kier molecular flexibility index (Phi) is 5.15. The number of nitrogens with two attached hydrogens (primary N) is 1. The van der Waals surface area contributed by atoms with E-state index in [-0.39, 0.29) is 17.2 Å². The summed E-state index contributed by atoms with van der Waals surface area (Å²) < 4.78 is 1.52. The van der Waals surface area contributed by atoms with Crippen molar-refractivity contribution in [3.05, 3.63) is 53.9 Å². The van der Waals surface area contributed by atoms with E-state index in [1.165, 1.54) is 22.6 Å². The predicted octanol–water partition coefficient (Wildman–Crippen LogP) is 2.16. The van der Waals surface area contributed by atoms with Crippen LogP contribution in [0.3, 0.4) is 0 Å². The summed E-state index contributed by atoms with van der Waals surface area (Å²) in [6.07, 6.45) is 1.42. The van der Waals surface area contributed by atoms with Crippen LogP contribution < -0.4 is 11.1 Å². The molecule has 0 fully saturated rings. The fourth-order valence-electron chi connectivity index (χ4n) is 2.24. The number of aromatic nitrogens is 4. The highest BCUT2D eigenvalue weighted by molar-refractivity contribution is 7.99. The number of para-hydroxylation sites is 1. The summed E-state index contributed by atoms with van der Waals surface area (Å²) in [4.78, 5) is 20.6. The van der Waals surface area contributed by atoms with Gasteiger partial charge >= 0.3 is 0 Å². The van der Waals surface area contributed by atoms with Crippen molar-refractivity contribution in [2.24, 2.45) is 0 Å². The van der Waals surface area contributed by atoms with Gasteiger partial charge in [0, 0.05) is 11.8 Å². The van der Waals surface area contributed by atoms with Gasteiger partial charge in [0.05, 0.1) is 17.6 Å². The van der Waals surface area contributed by atoms with Crippen molar-refractivity contribution >= 4 is 29.3 Å². The number of aryl methyl sites for hydroxylation is 1. The van der Waals surface area contributed by atoms with E-state index in [4.69, 9.17) is 5.73 Å². The smallest absolute Gasteiger partial charge is 0.236 e. The number of carbonyl (C=O) groups is 1. The van der Waals surface area contributed by atoms with Gasteiger partial charge in [-0.15, -0.1) is 0 Å². The van der Waals surface area contributed by atoms with Gasteiger partial charge in [0.15, 0.2) is 11.0 Å². The number of hydrogen-bond acceptors (Lipinski definition) is 7. The number of carbonyl (C=O) groups excluding carboxylic acids is 1. The standard InChI is InChI=1S/C17H15N7OS/c1-11-7-14(19)22-17(21-11)26-10-15(25)23-16-12(8-18)9-20-24(16)13-5-3-2-4-6-13/h2-7,9H,10H2,1H3,(H,23,25)(H2,19,21,22). The third kappa shape index (κ3) is 3.99. The van der Waals surface area contributed by atoms with Crippen molar-refractivity contribution in [1.29, 1.82) is 5.26 Å². The predicted molar refractivity (Wildman–Crippen MR) is 98.8 cm³/mol. The monoisotopic (exact) mass is 365 g/mol. The molecule has 0 radical (unpaired) electrons. The molecule has 1 aromatic carbocycles. The zero-order valence-electron chi connectivity index (χ0n) is 13.9. The summed E-state index contributed by atoms with van der Waals surface area (Å²) >= 11 is 1.17. The molecule has 3 aromatic rings. The molecule has 3 rings (SSSR count). The van der Waals surface area contributed by atoms with Gasteiger partial charge in [0.25, 0.3) is 0 Å². The lowest BCUT2D eigenvalue weighted by atomic mass is 10.3. The van der Waals surface area contributed by atoms with E-state index in [2.05, 4.69) is 20.4 Å². The first-order chi connectivity index (χ1) is 12.6. The van der Waals surface area contributed by atoms with Gasteiger partial charge < -0.3 is 11.1 Å². The lowest BCUT2D eigenvalue weighted by molar-refractivity contribution is -0.113. The minimum atomic E-state index is -0.298. The number of nitrogen functional groups attached to an aromatic ring is 1. The summed E-state index contributed by atoms with van der Waals surface area (Å²) in [7, 11) is 0. The molecular formula is C17H15N7OS. The molecule has 0 spiro atoms. The number of anilines is 2. The van der Waals surface area contributed by atoms with Gasteiger partial charge in [0.1, 0.15) is 17.5 Å². The first-order valence-corrected chi connectivity index (χ1v) is 8.62. The van der Waals surface area contributed by atoms with Crippen molar-refractivity contribution in [3.8, 4) is 11.8 Å². The van der Waals surface area contributed by atoms with Gasteiger partial charge in [-0.2, -0.15) is 10.4 Å². The van der Waals surface area contributed by atoms with E-state index >= 15 is 0 Å². The Morgan fingerprint density at radius 3 is 2.81 bits per heavy atom. The van der Waals surface area contributed by atoms with E-state index in [1.807, 2.05) is 36.4 Å². The van der Waals surface area contributed by atoms with Crippen molar-refractivity contribution in [3.63, 3.8) is 0 Å². The Morgan fingerprint density at radius 2 is 2.12 bits per heavy atom. The van der Waals surface area contributed by atoms with Crippen molar-refractivity contribution in [2.75, 3.05) is 16.8 Å². The van der Waals surface area contributed by atoms with E-state index in [9.17, 15) is 10.1 Å². The minimum Gasteiger partial charge on any atom is -0.384 e. The average Bonchev–Trinajstić information content (AvgIpc) is 3.02. The van der Waals surface area contributed by atoms with Crippen LogP contribution >= 0.6 is 11.8 Å². The van der Waals surface area contributed by atoms with Crippen LogP contribution in [-0.4, -0.2) is 31.4 Å². The van der Waals surface area contributed by atoms with E-state index < -0.39 is 0 Å². The molecule has 0 bridgehead atoms. The molecule has 8 nitrogen and oxygen atoms in total. The number of thioether (sulfide) groups is 1. The number of nitriles is 1. The lowest BCUT2D eigenvalue weighted by Gasteiger charge is -2.09. The third-order valence-electron chi connectivity index (χ3n) is 3.33. The van der Waals surface area contributed by atoms with Gasteiger partial charge in [-0.05, 0) is 19.1 Å². The number of nitrogens with zero attached hydrogens (tertiary/aromatic N) is 5. The topological polar surface area (TPSA) is 123 Å². The maximum atomic E-state index is 12.3. The zero-order valence-corrected chi connectivity index (χ0v) is 14.7. The Bertz CT molecular complexity index is 958. The fourth-order valence-corrected chi connectivity index (χ4v) is 2.95. The molecule has 1 amide bonds. The van der Waals surface area contributed by atoms with Gasteiger partial charge in [0.2, 0.25) is 5.91 Å². The maximum absolute atomic E-state index is 12.3. The highest BCUT2D eigenvalue weighted by atomic mass is 32.2. The molecule has 0 saturated carbocycles. The molecule has 0 aliphatic carbocycles. The molecule has 2 heterocycles. The van der Waals surface area contributed by atoms with Gasteiger partial charge in [-0.3, -0.25) is 4.79 Å². The second-order valence-corrected chi connectivity index (χ2v) is 6.26. The Balaban J connectivity index is 1.75. The van der Waals surface area contributed by atoms with Crippen LogP contribution in [0.5, 0.6) is 0 Å². The van der Waals surface area contributed by atoms with Crippen LogP contribution in [0, 0.1) is 18.3 Å². The summed E-state index contributed by atoms with van der Waals surface area (Å²) in [6.45, 7) is 1.81. The normalized spacial score (nSPS) is 10.3. The summed E-state index contributed by atoms with van der Waals surface area (Å²) in [5.74, 6) is 0.462. The van der Waals surface area contributed by atoms with Crippen molar-refractivity contribution in [1.82, 2.24) is 19.7 Å². The number of hydrogen-bond donors (Lipinski definition) is 2. The average molecular weight is 365 g/mol. The molecule has 0 saturated heterocycles. The molecule has 9 heteroatoms. The maximum Gasteiger partial charge on any atom is 0.236 e. The van der Waals surface area contributed by atoms with Crippen LogP contribution in [0.25, 0.3) is 5.69 Å². The molecule has 0 aliphatic heterocycles. The lowest BCUT2D eigenvalue weighted by Crippen LogP contribution is -2.18. The van der Waals surface area contributed by atoms with Crippen LogP contribution in [0.15, 0.2) is 47.8 Å². The molecular weight excluding hydrogens is 350 g/mol. The van der Waals surface area contributed by atoms with Crippen LogP contribution in [-0.2, 0) is 4.79 Å². The first-order valence-electron chi connectivity index (χ1n) is 7.64. The van der Waals surface area contributed by atoms with Crippen LogP contribution in [0.4, 0.5) is 11.6 Å². The number of nitrogens with one attached hydrogen (secondary N) is 1. The molecule has 0 atom stereocenters. The highest BCUT2D eigenvalue weighted by Crippen LogP contribution is 2.21. The zero-order chi connectivity index (χ0) is 18.5. The minimum absolute atomic E-state index is 0.0771. The Labute approximate surface area is 154 Å². The quantitative estimate of drug-likeness (QED) is 0.524. The van der Waals surface area contributed by atoms with Crippen molar-refractivity contribution in [2.45, 2.75) is 12.1 Å². The van der Waals surface area contributed by atoms with E-state index in [1.54, 1.807) is 13.0 Å². The summed E-state index contributed by atoms with van der Waals surface area (Å²) in [5, 5.41) is 16.6. The van der Waals surface area contributed by atoms with Crippen molar-refractivity contribution < 1.29 is 4.79 Å². The first kappa shape index (κ1) is 17.4. The molecule has 2 aromatic heterocycles. The highest BCUT2D eigenvalue weighted by Gasteiger charge is 2.15. The summed E-state index contributed by atoms with van der Waals surface area (Å²) in [6, 6.07) is 12.9. The number of benzene rings is 1. The fraction of sp³-hybridized carbons (Fsp3) is 0.118. The van der Waals surface area contributed by atoms with Crippen LogP contribution in [0.1, 0.15) is 11.3 Å². The second kappa shape index (κ2) is 7.67. The second-order valence-electron chi connectivity index (χ2n) is 5.32.